The first-order valence-corrected chi connectivity index (χ1v) is 7.66. The summed E-state index contributed by atoms with van der Waals surface area (Å²) in [6, 6.07) is 0. The Balaban J connectivity index is 4.31. The third kappa shape index (κ3) is 8.12. The van der Waals surface area contributed by atoms with Crippen molar-refractivity contribution in [1.82, 2.24) is 0 Å². The first-order valence-electron chi connectivity index (χ1n) is 4.55. The molecule has 0 rings (SSSR count). The third-order valence-electron chi connectivity index (χ3n) is 1.11. The van der Waals surface area contributed by atoms with Crippen LogP contribution in [-0.2, 0) is 9.05 Å². The highest BCUT2D eigenvalue weighted by molar-refractivity contribution is 7.61. The Labute approximate surface area is 92.8 Å². The predicted octanol–water partition coefficient (Wildman–Crippen LogP) is 5.42. The maximum atomic E-state index is 13.7. The Morgan fingerprint density at radius 3 is 2.53 bits per heavy atom. The van der Waals surface area contributed by atoms with Crippen molar-refractivity contribution in [2.24, 2.45) is 9.03 Å². The van der Waals surface area contributed by atoms with Crippen molar-refractivity contribution in [2.45, 2.75) is 26.7 Å². The molecule has 0 bridgehead atoms. The van der Waals surface area contributed by atoms with Gasteiger partial charge < -0.3 is 9.05 Å². The van der Waals surface area contributed by atoms with Gasteiger partial charge in [0.2, 0.25) is 0 Å². The van der Waals surface area contributed by atoms with Gasteiger partial charge in [-0.05, 0) is 12.8 Å². The predicted molar refractivity (Wildman–Crippen MR) is 61.9 cm³/mol. The average Bonchev–Trinajstić information content (AvgIpc) is 2.22. The fourth-order valence-corrected chi connectivity index (χ4v) is 3.10. The van der Waals surface area contributed by atoms with Crippen LogP contribution in [0.2, 0.25) is 0 Å². The van der Waals surface area contributed by atoms with Crippen LogP contribution in [0.4, 0.5) is 4.20 Å². The number of halogens is 1. The number of nitrogens with one attached hydrogen (secondary N) is 1. The molecule has 0 radical (unpaired) electrons. The van der Waals surface area contributed by atoms with E-state index in [9.17, 15) is 4.20 Å². The van der Waals surface area contributed by atoms with E-state index in [-0.39, 0.29) is 23.7 Å². The lowest BCUT2D eigenvalue weighted by Crippen LogP contribution is -1.84. The molecule has 0 saturated carbocycles. The fourth-order valence-electron chi connectivity index (χ4n) is 0.535. The van der Waals surface area contributed by atoms with E-state index >= 15 is 0 Å². The molecule has 0 heterocycles. The molecule has 1 N–H and O–H groups in total. The van der Waals surface area contributed by atoms with Crippen LogP contribution in [0.25, 0.3) is 0 Å². The van der Waals surface area contributed by atoms with Crippen LogP contribution in [0.5, 0.6) is 0 Å². The summed E-state index contributed by atoms with van der Waals surface area (Å²) in [6.45, 7) is 4.61. The van der Waals surface area contributed by atoms with Gasteiger partial charge in [-0.1, -0.05) is 13.8 Å². The summed E-state index contributed by atoms with van der Waals surface area (Å²) in [6.07, 6.45) is 1.54. The van der Waals surface area contributed by atoms with Crippen molar-refractivity contribution < 1.29 is 13.2 Å². The molecular formula is C6H15FN3O2P3. The second-order valence-corrected chi connectivity index (χ2v) is 5.76. The van der Waals surface area contributed by atoms with E-state index in [2.05, 4.69) is 9.03 Å². The van der Waals surface area contributed by atoms with Crippen molar-refractivity contribution in [3.63, 3.8) is 0 Å². The van der Waals surface area contributed by atoms with E-state index in [4.69, 9.17) is 14.2 Å². The highest BCUT2D eigenvalue weighted by Crippen LogP contribution is 2.58. The zero-order chi connectivity index (χ0) is 11.6. The standard InChI is InChI=1S/C6H15FN3O2P3/c1-3-5-11-14-10-15(7,9-13-8)12-6-4-2/h8H,3-6H2,1-2H3. The number of hydrogen-bond acceptors (Lipinski definition) is 3. The Morgan fingerprint density at radius 2 is 2.00 bits per heavy atom. The molecule has 15 heavy (non-hydrogen) atoms. The lowest BCUT2D eigenvalue weighted by molar-refractivity contribution is 0.324. The summed E-state index contributed by atoms with van der Waals surface area (Å²) in [4.78, 5) is 0. The molecule has 1 unspecified atom stereocenters. The minimum Gasteiger partial charge on any atom is -0.311 e. The Morgan fingerprint density at radius 1 is 1.33 bits per heavy atom. The van der Waals surface area contributed by atoms with Gasteiger partial charge in [-0.3, -0.25) is 5.16 Å². The molecule has 0 aliphatic heterocycles. The van der Waals surface area contributed by atoms with Crippen LogP contribution < -0.4 is 0 Å². The smallest absolute Gasteiger partial charge is 0.311 e. The van der Waals surface area contributed by atoms with Crippen molar-refractivity contribution in [2.75, 3.05) is 13.2 Å². The molecule has 9 heteroatoms. The van der Waals surface area contributed by atoms with Gasteiger partial charge in [-0.2, -0.15) is 8.71 Å². The normalized spacial score (nSPS) is 15.7. The molecule has 1 atom stereocenters. The van der Waals surface area contributed by atoms with Crippen molar-refractivity contribution in [1.29, 1.82) is 5.16 Å². The first-order chi connectivity index (χ1) is 7.18. The summed E-state index contributed by atoms with van der Waals surface area (Å²) in [5.41, 5.74) is 0. The second kappa shape index (κ2) is 9.50. The van der Waals surface area contributed by atoms with Gasteiger partial charge in [0.25, 0.3) is 0 Å². The molecule has 0 aromatic heterocycles. The van der Waals surface area contributed by atoms with Gasteiger partial charge in [0.1, 0.15) is 0 Å². The maximum Gasteiger partial charge on any atom is 0.390 e. The molecule has 0 aliphatic rings. The van der Waals surface area contributed by atoms with E-state index in [0.29, 0.717) is 13.0 Å². The highest BCUT2D eigenvalue weighted by Gasteiger charge is 2.17. The van der Waals surface area contributed by atoms with Gasteiger partial charge >= 0.3 is 7.74 Å². The van der Waals surface area contributed by atoms with E-state index in [0.717, 1.165) is 6.42 Å². The molecule has 0 amide bonds. The SMILES string of the molecule is CCCOP=NP(F)(=NP=N)OCCC. The number of nitrogens with zero attached hydrogens (tertiary/aromatic N) is 2. The van der Waals surface area contributed by atoms with Crippen LogP contribution >= 0.6 is 24.9 Å². The summed E-state index contributed by atoms with van der Waals surface area (Å²) >= 11 is 0. The fraction of sp³-hybridized carbons (Fsp3) is 1.00. The van der Waals surface area contributed by atoms with E-state index < -0.39 is 7.74 Å². The summed E-state index contributed by atoms with van der Waals surface area (Å²) in [5.74, 6) is 0. The minimum atomic E-state index is -3.61. The molecule has 0 saturated heterocycles. The van der Waals surface area contributed by atoms with E-state index in [1.54, 1.807) is 0 Å². The Bertz CT molecular complexity index is 262. The maximum absolute atomic E-state index is 13.7. The second-order valence-electron chi connectivity index (χ2n) is 2.50. The van der Waals surface area contributed by atoms with Crippen molar-refractivity contribution in [3.05, 3.63) is 0 Å². The van der Waals surface area contributed by atoms with Crippen LogP contribution in [0, 0.1) is 5.16 Å². The summed E-state index contributed by atoms with van der Waals surface area (Å²) in [7, 11) is -3.58. The summed E-state index contributed by atoms with van der Waals surface area (Å²) < 4.78 is 30.6. The largest absolute Gasteiger partial charge is 0.390 e. The molecule has 0 spiro atoms. The monoisotopic (exact) mass is 273 g/mol. The van der Waals surface area contributed by atoms with Gasteiger partial charge in [-0.15, -0.1) is 4.52 Å². The molecule has 0 aromatic rings. The van der Waals surface area contributed by atoms with Crippen LogP contribution in [0.15, 0.2) is 9.03 Å². The average molecular weight is 273 g/mol. The minimum absolute atomic E-state index is 0.152. The lowest BCUT2D eigenvalue weighted by atomic mass is 10.5. The van der Waals surface area contributed by atoms with Crippen LogP contribution in [0.1, 0.15) is 26.7 Å². The lowest BCUT2D eigenvalue weighted by Gasteiger charge is -2.06. The van der Waals surface area contributed by atoms with E-state index in [1.165, 1.54) is 0 Å². The molecule has 0 aliphatic carbocycles. The highest BCUT2D eigenvalue weighted by atomic mass is 31.2. The number of hydrogen-bond donors (Lipinski definition) is 1. The first kappa shape index (κ1) is 15.3. The molecule has 0 fully saturated rings. The molecule has 88 valence electrons. The zero-order valence-electron chi connectivity index (χ0n) is 8.76. The van der Waals surface area contributed by atoms with Crippen LogP contribution in [-0.4, -0.2) is 13.2 Å². The zero-order valence-corrected chi connectivity index (χ0v) is 11.4. The van der Waals surface area contributed by atoms with Gasteiger partial charge in [0, 0.05) is 0 Å². The van der Waals surface area contributed by atoms with Gasteiger partial charge in [0.15, 0.2) is 17.1 Å². The Kier molecular flexibility index (Phi) is 9.68. The van der Waals surface area contributed by atoms with Crippen molar-refractivity contribution >= 4 is 24.9 Å². The van der Waals surface area contributed by atoms with Crippen LogP contribution in [0.3, 0.4) is 0 Å². The molecule has 0 aromatic carbocycles. The third-order valence-corrected chi connectivity index (χ3v) is 4.34. The van der Waals surface area contributed by atoms with Crippen molar-refractivity contribution in [3.8, 4) is 0 Å². The number of rotatable bonds is 8. The van der Waals surface area contributed by atoms with Gasteiger partial charge in [-0.25, -0.2) is 0 Å². The topological polar surface area (TPSA) is 67.0 Å². The quantitative estimate of drug-likeness (QED) is 0.473. The summed E-state index contributed by atoms with van der Waals surface area (Å²) in [5, 5.41) is 6.82. The Hall–Kier alpha value is 0.280. The molecular weight excluding hydrogens is 258 g/mol. The molecule has 5 nitrogen and oxygen atoms in total. The van der Waals surface area contributed by atoms with Gasteiger partial charge in [0.05, 0.1) is 13.2 Å². The van der Waals surface area contributed by atoms with E-state index in [1.807, 2.05) is 13.8 Å².